The van der Waals surface area contributed by atoms with Crippen LogP contribution in [0.4, 0.5) is 0 Å². The van der Waals surface area contributed by atoms with Crippen molar-refractivity contribution in [1.82, 2.24) is 0 Å². The molecule has 0 spiro atoms. The highest BCUT2D eigenvalue weighted by atomic mass is 16.5. The maximum absolute atomic E-state index is 5.97. The third-order valence-electron chi connectivity index (χ3n) is 3.85. The maximum atomic E-state index is 5.97. The van der Waals surface area contributed by atoms with E-state index in [-0.39, 0.29) is 6.10 Å². The molecule has 0 saturated carbocycles. The van der Waals surface area contributed by atoms with Gasteiger partial charge >= 0.3 is 0 Å². The van der Waals surface area contributed by atoms with E-state index in [1.807, 2.05) is 0 Å². The summed E-state index contributed by atoms with van der Waals surface area (Å²) in [4.78, 5) is 0. The minimum absolute atomic E-state index is 0.188. The summed E-state index contributed by atoms with van der Waals surface area (Å²) in [5, 5.41) is 7.74. The first-order valence-corrected chi connectivity index (χ1v) is 7.07. The minimum atomic E-state index is 0.188. The van der Waals surface area contributed by atoms with Crippen LogP contribution in [0, 0.1) is 0 Å². The number of hydrogen-bond acceptors (Lipinski definition) is 1. The fourth-order valence-electron chi connectivity index (χ4n) is 3.07. The van der Waals surface area contributed by atoms with Gasteiger partial charge in [-0.1, -0.05) is 42.5 Å². The highest BCUT2D eigenvalue weighted by molar-refractivity contribution is 6.24. The molecule has 4 aromatic carbocycles. The molecular formula is C19H16O. The third kappa shape index (κ3) is 1.56. The lowest BCUT2D eigenvalue weighted by Crippen LogP contribution is -2.05. The molecule has 0 saturated heterocycles. The predicted octanol–water partition coefficient (Wildman–Crippen LogP) is 5.37. The molecule has 0 unspecified atom stereocenters. The van der Waals surface area contributed by atoms with E-state index < -0.39 is 0 Å². The summed E-state index contributed by atoms with van der Waals surface area (Å²) < 4.78 is 5.97. The second-order valence-electron chi connectivity index (χ2n) is 5.59. The van der Waals surface area contributed by atoms with Gasteiger partial charge in [0.05, 0.1) is 6.10 Å². The zero-order chi connectivity index (χ0) is 13.7. The smallest absolute Gasteiger partial charge is 0.127 e. The summed E-state index contributed by atoms with van der Waals surface area (Å²) in [5.41, 5.74) is 0. The molecule has 0 fully saturated rings. The third-order valence-corrected chi connectivity index (χ3v) is 3.85. The molecule has 0 aliphatic carbocycles. The molecule has 20 heavy (non-hydrogen) atoms. The van der Waals surface area contributed by atoms with Crippen molar-refractivity contribution in [3.8, 4) is 5.75 Å². The zero-order valence-electron chi connectivity index (χ0n) is 11.7. The van der Waals surface area contributed by atoms with Crippen molar-refractivity contribution < 1.29 is 4.74 Å². The van der Waals surface area contributed by atoms with Crippen LogP contribution in [0.15, 0.2) is 54.6 Å². The van der Waals surface area contributed by atoms with Crippen LogP contribution in [0.3, 0.4) is 0 Å². The first-order chi connectivity index (χ1) is 9.74. The summed E-state index contributed by atoms with van der Waals surface area (Å²) in [6, 6.07) is 19.5. The van der Waals surface area contributed by atoms with Crippen LogP contribution in [0.1, 0.15) is 13.8 Å². The molecule has 4 aromatic rings. The monoisotopic (exact) mass is 260 g/mol. The molecule has 4 rings (SSSR count). The van der Waals surface area contributed by atoms with Gasteiger partial charge in [0, 0.05) is 10.8 Å². The predicted molar refractivity (Wildman–Crippen MR) is 85.9 cm³/mol. The van der Waals surface area contributed by atoms with Crippen LogP contribution in [0.25, 0.3) is 32.3 Å². The van der Waals surface area contributed by atoms with Crippen molar-refractivity contribution in [2.24, 2.45) is 0 Å². The largest absolute Gasteiger partial charge is 0.490 e. The van der Waals surface area contributed by atoms with Crippen molar-refractivity contribution in [2.75, 3.05) is 0 Å². The van der Waals surface area contributed by atoms with Gasteiger partial charge in [0.15, 0.2) is 0 Å². The first-order valence-electron chi connectivity index (χ1n) is 7.07. The molecular weight excluding hydrogens is 244 g/mol. The molecule has 0 atom stereocenters. The molecule has 0 radical (unpaired) electrons. The Morgan fingerprint density at radius 2 is 1.30 bits per heavy atom. The number of rotatable bonds is 2. The van der Waals surface area contributed by atoms with E-state index >= 15 is 0 Å². The Morgan fingerprint density at radius 1 is 0.700 bits per heavy atom. The lowest BCUT2D eigenvalue weighted by atomic mass is 9.94. The average molecular weight is 260 g/mol. The molecule has 0 aromatic heterocycles. The van der Waals surface area contributed by atoms with Crippen LogP contribution in [0.5, 0.6) is 5.75 Å². The van der Waals surface area contributed by atoms with Crippen LogP contribution in [-0.2, 0) is 0 Å². The molecule has 98 valence electrons. The second-order valence-corrected chi connectivity index (χ2v) is 5.59. The highest BCUT2D eigenvalue weighted by Gasteiger charge is 2.11. The number of ether oxygens (including phenoxy) is 1. The normalized spacial score (nSPS) is 11.9. The van der Waals surface area contributed by atoms with Crippen LogP contribution >= 0.6 is 0 Å². The average Bonchev–Trinajstić information content (AvgIpc) is 2.46. The highest BCUT2D eigenvalue weighted by Crippen LogP contribution is 2.38. The number of hydrogen-bond donors (Lipinski definition) is 0. The molecule has 0 N–H and O–H groups in total. The molecule has 0 amide bonds. The van der Waals surface area contributed by atoms with Gasteiger partial charge < -0.3 is 4.74 Å². The van der Waals surface area contributed by atoms with Crippen LogP contribution in [-0.4, -0.2) is 6.10 Å². The van der Waals surface area contributed by atoms with Crippen molar-refractivity contribution in [1.29, 1.82) is 0 Å². The van der Waals surface area contributed by atoms with E-state index in [1.165, 1.54) is 32.3 Å². The Kier molecular flexibility index (Phi) is 2.37. The Balaban J connectivity index is 2.20. The van der Waals surface area contributed by atoms with E-state index in [9.17, 15) is 0 Å². The van der Waals surface area contributed by atoms with E-state index in [1.54, 1.807) is 0 Å². The van der Waals surface area contributed by atoms with E-state index in [0.29, 0.717) is 0 Å². The van der Waals surface area contributed by atoms with Crippen LogP contribution < -0.4 is 4.74 Å². The van der Waals surface area contributed by atoms with Crippen molar-refractivity contribution >= 4 is 32.3 Å². The van der Waals surface area contributed by atoms with Crippen molar-refractivity contribution in [3.63, 3.8) is 0 Å². The van der Waals surface area contributed by atoms with Crippen molar-refractivity contribution in [3.05, 3.63) is 54.6 Å². The van der Waals surface area contributed by atoms with Gasteiger partial charge in [-0.3, -0.25) is 0 Å². The summed E-state index contributed by atoms with van der Waals surface area (Å²) in [6.07, 6.45) is 0.188. The van der Waals surface area contributed by atoms with Gasteiger partial charge in [-0.15, -0.1) is 0 Å². The van der Waals surface area contributed by atoms with Gasteiger partial charge in [0.25, 0.3) is 0 Å². The molecule has 0 bridgehead atoms. The van der Waals surface area contributed by atoms with Gasteiger partial charge in [-0.05, 0) is 47.5 Å². The molecule has 0 aliphatic heterocycles. The Labute approximate surface area is 118 Å². The lowest BCUT2D eigenvalue weighted by Gasteiger charge is -2.16. The summed E-state index contributed by atoms with van der Waals surface area (Å²) in [5.74, 6) is 0.978. The Bertz CT molecular complexity index is 890. The van der Waals surface area contributed by atoms with Gasteiger partial charge in [-0.25, -0.2) is 0 Å². The Hall–Kier alpha value is -2.28. The van der Waals surface area contributed by atoms with Gasteiger partial charge in [0.1, 0.15) is 5.75 Å². The second kappa shape index (κ2) is 4.11. The topological polar surface area (TPSA) is 9.23 Å². The van der Waals surface area contributed by atoms with Gasteiger partial charge in [-0.2, -0.15) is 0 Å². The lowest BCUT2D eigenvalue weighted by molar-refractivity contribution is 0.245. The summed E-state index contributed by atoms with van der Waals surface area (Å²) in [7, 11) is 0. The number of benzene rings is 4. The standard InChI is InChI=1S/C19H16O/c1-12(2)20-17-11-9-15-7-6-13-4-3-5-14-8-10-16(17)19(15)18(13)14/h3-12H,1-2H3. The van der Waals surface area contributed by atoms with Crippen LogP contribution in [0.2, 0.25) is 0 Å². The summed E-state index contributed by atoms with van der Waals surface area (Å²) >= 11 is 0. The van der Waals surface area contributed by atoms with E-state index in [2.05, 4.69) is 68.4 Å². The Morgan fingerprint density at radius 3 is 2.00 bits per heavy atom. The first kappa shape index (κ1) is 11.5. The molecule has 0 heterocycles. The molecule has 0 aliphatic rings. The summed E-state index contributed by atoms with van der Waals surface area (Å²) in [6.45, 7) is 4.13. The van der Waals surface area contributed by atoms with Crippen molar-refractivity contribution in [2.45, 2.75) is 20.0 Å². The maximum Gasteiger partial charge on any atom is 0.127 e. The minimum Gasteiger partial charge on any atom is -0.490 e. The quantitative estimate of drug-likeness (QED) is 0.440. The molecule has 1 nitrogen and oxygen atoms in total. The fraction of sp³-hybridized carbons (Fsp3) is 0.158. The zero-order valence-corrected chi connectivity index (χ0v) is 11.7. The SMILES string of the molecule is CC(C)Oc1ccc2ccc3cccc4ccc1c2c34. The van der Waals surface area contributed by atoms with Gasteiger partial charge in [0.2, 0.25) is 0 Å². The van der Waals surface area contributed by atoms with E-state index in [4.69, 9.17) is 4.74 Å². The van der Waals surface area contributed by atoms with E-state index in [0.717, 1.165) is 5.75 Å². The fourth-order valence-corrected chi connectivity index (χ4v) is 3.07. The molecule has 1 heteroatoms.